The van der Waals surface area contributed by atoms with Gasteiger partial charge >= 0.3 is 0 Å². The van der Waals surface area contributed by atoms with Crippen LogP contribution in [0, 0.1) is 5.41 Å². The summed E-state index contributed by atoms with van der Waals surface area (Å²) in [5.41, 5.74) is 4.45. The van der Waals surface area contributed by atoms with E-state index >= 15 is 0 Å². The predicted octanol–water partition coefficient (Wildman–Crippen LogP) is 1.67. The molecule has 1 fully saturated rings. The van der Waals surface area contributed by atoms with Gasteiger partial charge < -0.3 is 24.8 Å². The summed E-state index contributed by atoms with van der Waals surface area (Å²) in [6.45, 7) is 2.71. The molecule has 0 radical (unpaired) electrons. The maximum absolute atomic E-state index is 5.48. The molecule has 5 rings (SSSR count). The summed E-state index contributed by atoms with van der Waals surface area (Å²) in [4.78, 5) is 2.21. The molecule has 0 unspecified atom stereocenters. The van der Waals surface area contributed by atoms with Gasteiger partial charge in [0.15, 0.2) is 5.58 Å². The highest BCUT2D eigenvalue weighted by Gasteiger charge is 2.44. The minimum absolute atomic E-state index is 0.000844. The van der Waals surface area contributed by atoms with Crippen LogP contribution in [0.5, 0.6) is 0 Å². The van der Waals surface area contributed by atoms with E-state index in [-0.39, 0.29) is 5.41 Å². The van der Waals surface area contributed by atoms with Crippen LogP contribution in [0.3, 0.4) is 0 Å². The molecule has 4 heterocycles. The Labute approximate surface area is 127 Å². The van der Waals surface area contributed by atoms with E-state index in [0.29, 0.717) is 0 Å². The van der Waals surface area contributed by atoms with Crippen LogP contribution in [0.2, 0.25) is 0 Å². The van der Waals surface area contributed by atoms with Crippen molar-refractivity contribution < 1.29 is 9.26 Å². The van der Waals surface area contributed by atoms with E-state index in [1.165, 1.54) is 11.3 Å². The van der Waals surface area contributed by atoms with Crippen LogP contribution in [-0.4, -0.2) is 24.9 Å². The quantitative estimate of drug-likeness (QED) is 0.771. The second-order valence-electron chi connectivity index (χ2n) is 6.13. The number of rotatable bonds is 0. The van der Waals surface area contributed by atoms with E-state index in [0.717, 1.165) is 42.8 Å². The lowest BCUT2D eigenvalue weighted by Crippen LogP contribution is -2.57. The summed E-state index contributed by atoms with van der Waals surface area (Å²) in [5.74, 6) is 0. The number of fused-ring (bicyclic) bond motifs is 5. The van der Waals surface area contributed by atoms with E-state index in [2.05, 4.69) is 32.8 Å². The number of anilines is 1. The van der Waals surface area contributed by atoms with Crippen LogP contribution in [0.15, 0.2) is 47.3 Å². The van der Waals surface area contributed by atoms with Gasteiger partial charge in [-0.05, 0) is 18.1 Å². The average Bonchev–Trinajstić information content (AvgIpc) is 3.02. The van der Waals surface area contributed by atoms with Gasteiger partial charge in [-0.1, -0.05) is 5.16 Å². The number of ether oxygens (including phenoxy) is 1. The Morgan fingerprint density at radius 2 is 2.14 bits per heavy atom. The van der Waals surface area contributed by atoms with Gasteiger partial charge in [0, 0.05) is 42.8 Å². The third kappa shape index (κ3) is 1.59. The topological polar surface area (TPSA) is 62.6 Å². The number of nitrogens with zero attached hydrogens (tertiary/aromatic N) is 2. The van der Waals surface area contributed by atoms with E-state index in [9.17, 15) is 0 Å². The fraction of sp³-hybridized carbons (Fsp3) is 0.312. The summed E-state index contributed by atoms with van der Waals surface area (Å²) >= 11 is 0. The van der Waals surface area contributed by atoms with E-state index in [4.69, 9.17) is 9.26 Å². The second kappa shape index (κ2) is 4.34. The highest BCUT2D eigenvalue weighted by molar-refractivity contribution is 5.84. The van der Waals surface area contributed by atoms with Crippen molar-refractivity contribution in [3.05, 3.63) is 48.3 Å². The van der Waals surface area contributed by atoms with Crippen molar-refractivity contribution in [1.29, 1.82) is 0 Å². The number of aromatic nitrogens is 1. The van der Waals surface area contributed by atoms with Gasteiger partial charge in [0.2, 0.25) is 0 Å². The zero-order valence-corrected chi connectivity index (χ0v) is 12.0. The Hall–Kier alpha value is -2.31. The summed E-state index contributed by atoms with van der Waals surface area (Å²) in [6, 6.07) is 4.26. The molecule has 0 saturated carbocycles. The second-order valence-corrected chi connectivity index (χ2v) is 6.13. The molecular weight excluding hydrogens is 280 g/mol. The van der Waals surface area contributed by atoms with Gasteiger partial charge in [-0.3, -0.25) is 0 Å². The highest BCUT2D eigenvalue weighted by Crippen LogP contribution is 2.46. The third-order valence-electron chi connectivity index (χ3n) is 4.79. The van der Waals surface area contributed by atoms with E-state index < -0.39 is 0 Å². The van der Waals surface area contributed by atoms with Crippen LogP contribution in [0.1, 0.15) is 5.56 Å². The van der Waals surface area contributed by atoms with Gasteiger partial charge in [0.25, 0.3) is 0 Å². The SMILES string of the molecule is C1=CN2C(=CO1)C1(CNCNC1)Cc1cc3cnoc3cc12. The molecule has 0 atom stereocenters. The molecule has 3 aliphatic heterocycles. The monoisotopic (exact) mass is 296 g/mol. The van der Waals surface area contributed by atoms with Crippen molar-refractivity contribution in [3.63, 3.8) is 0 Å². The number of nitrogens with one attached hydrogen (secondary N) is 2. The summed E-state index contributed by atoms with van der Waals surface area (Å²) in [6.07, 6.45) is 8.29. The van der Waals surface area contributed by atoms with E-state index in [1.54, 1.807) is 12.5 Å². The minimum atomic E-state index is 0.000844. The summed E-state index contributed by atoms with van der Waals surface area (Å²) in [5, 5.41) is 11.9. The zero-order chi connectivity index (χ0) is 14.6. The van der Waals surface area contributed by atoms with Gasteiger partial charge in [-0.25, -0.2) is 0 Å². The lowest BCUT2D eigenvalue weighted by molar-refractivity contribution is 0.238. The van der Waals surface area contributed by atoms with Crippen LogP contribution in [-0.2, 0) is 11.2 Å². The number of benzene rings is 1. The first-order valence-electron chi connectivity index (χ1n) is 7.47. The Morgan fingerprint density at radius 3 is 3.05 bits per heavy atom. The molecule has 0 aliphatic carbocycles. The first-order chi connectivity index (χ1) is 10.9. The molecule has 22 heavy (non-hydrogen) atoms. The van der Waals surface area contributed by atoms with Crippen molar-refractivity contribution in [2.45, 2.75) is 6.42 Å². The molecule has 2 aromatic rings. The summed E-state index contributed by atoms with van der Waals surface area (Å²) in [7, 11) is 0. The van der Waals surface area contributed by atoms with Gasteiger partial charge in [-0.2, -0.15) is 0 Å². The fourth-order valence-electron chi connectivity index (χ4n) is 3.76. The lowest BCUT2D eigenvalue weighted by Gasteiger charge is -2.48. The van der Waals surface area contributed by atoms with Crippen LogP contribution < -0.4 is 15.5 Å². The Kier molecular flexibility index (Phi) is 2.42. The van der Waals surface area contributed by atoms with Crippen LogP contribution >= 0.6 is 0 Å². The van der Waals surface area contributed by atoms with Crippen molar-refractivity contribution >= 4 is 16.7 Å². The molecule has 1 aromatic heterocycles. The Bertz CT molecular complexity index is 802. The maximum Gasteiger partial charge on any atom is 0.168 e. The molecule has 0 amide bonds. The highest BCUT2D eigenvalue weighted by atomic mass is 16.5. The largest absolute Gasteiger partial charge is 0.469 e. The fourth-order valence-corrected chi connectivity index (χ4v) is 3.76. The first kappa shape index (κ1) is 12.3. The van der Waals surface area contributed by atoms with E-state index in [1.807, 2.05) is 12.5 Å². The van der Waals surface area contributed by atoms with Gasteiger partial charge in [-0.15, -0.1) is 0 Å². The standard InChI is InChI=1S/C16H16N4O2/c1-2-21-7-15-16(8-17-10-18-9-16)5-11-3-12-6-19-22-14(12)4-13(11)20(1)15/h1-4,6-7,17-18H,5,8-10H2. The molecule has 112 valence electrons. The molecule has 2 N–H and O–H groups in total. The van der Waals surface area contributed by atoms with Gasteiger partial charge in [0.1, 0.15) is 12.5 Å². The number of hydrogen-bond acceptors (Lipinski definition) is 6. The zero-order valence-electron chi connectivity index (χ0n) is 12.0. The normalized spacial score (nSPS) is 22.2. The maximum atomic E-state index is 5.48. The van der Waals surface area contributed by atoms with Crippen molar-refractivity contribution in [2.24, 2.45) is 5.41 Å². The molecule has 1 spiro atoms. The average molecular weight is 296 g/mol. The Morgan fingerprint density at radius 1 is 1.23 bits per heavy atom. The van der Waals surface area contributed by atoms with Crippen molar-refractivity contribution in [1.82, 2.24) is 15.8 Å². The minimum Gasteiger partial charge on any atom is -0.469 e. The first-order valence-corrected chi connectivity index (χ1v) is 7.47. The molecular formula is C16H16N4O2. The number of hydrogen-bond donors (Lipinski definition) is 2. The molecule has 1 aromatic carbocycles. The molecule has 6 heteroatoms. The van der Waals surface area contributed by atoms with Gasteiger partial charge in [0.05, 0.1) is 17.6 Å². The third-order valence-corrected chi connectivity index (χ3v) is 4.79. The van der Waals surface area contributed by atoms with Crippen molar-refractivity contribution in [2.75, 3.05) is 24.7 Å². The lowest BCUT2D eigenvalue weighted by atomic mass is 9.73. The molecule has 1 saturated heterocycles. The van der Waals surface area contributed by atoms with Crippen LogP contribution in [0.4, 0.5) is 5.69 Å². The molecule has 0 bridgehead atoms. The predicted molar refractivity (Wildman–Crippen MR) is 81.8 cm³/mol. The Balaban J connectivity index is 1.72. The molecule has 3 aliphatic rings. The smallest absolute Gasteiger partial charge is 0.168 e. The van der Waals surface area contributed by atoms with Crippen LogP contribution in [0.25, 0.3) is 11.0 Å². The van der Waals surface area contributed by atoms with Crippen molar-refractivity contribution in [3.8, 4) is 0 Å². The molecule has 6 nitrogen and oxygen atoms in total. The summed E-state index contributed by atoms with van der Waals surface area (Å²) < 4.78 is 10.8.